The van der Waals surface area contributed by atoms with Crippen molar-refractivity contribution in [3.05, 3.63) is 40.3 Å². The van der Waals surface area contributed by atoms with Gasteiger partial charge < -0.3 is 10.4 Å². The number of nitrogens with one attached hydrogen (secondary N) is 1. The van der Waals surface area contributed by atoms with Crippen molar-refractivity contribution >= 4 is 5.91 Å². The summed E-state index contributed by atoms with van der Waals surface area (Å²) in [5, 5.41) is 15.0. The third-order valence-electron chi connectivity index (χ3n) is 2.22. The molecule has 1 atom stereocenters. The molecule has 0 saturated carbocycles. The predicted octanol–water partition coefficient (Wildman–Crippen LogP) is 1.36. The molecule has 0 saturated heterocycles. The summed E-state index contributed by atoms with van der Waals surface area (Å²) < 4.78 is 0. The maximum atomic E-state index is 11.6. The van der Waals surface area contributed by atoms with Crippen LogP contribution >= 0.6 is 0 Å². The maximum Gasteiger partial charge on any atom is 0.230 e. The van der Waals surface area contributed by atoms with E-state index in [2.05, 4.69) is 21.3 Å². The van der Waals surface area contributed by atoms with Crippen LogP contribution in [0.15, 0.2) is 29.4 Å². The Hall–Kier alpha value is -2.64. The Kier molecular flexibility index (Phi) is 5.10. The molecule has 0 aromatic heterocycles. The number of nitrogens with zero attached hydrogens (tertiary/aromatic N) is 3. The highest BCUT2D eigenvalue weighted by Crippen LogP contribution is 2.12. The Bertz CT molecular complexity index is 498. The number of hydrogen-bond donors (Lipinski definition) is 2. The molecule has 92 valence electrons. The number of rotatable bonds is 5. The van der Waals surface area contributed by atoms with Gasteiger partial charge in [-0.15, -0.1) is 6.42 Å². The number of benzene rings is 1. The van der Waals surface area contributed by atoms with Gasteiger partial charge in [0.1, 0.15) is 11.8 Å². The highest BCUT2D eigenvalue weighted by Gasteiger charge is 2.16. The molecule has 1 aromatic rings. The van der Waals surface area contributed by atoms with Gasteiger partial charge in [-0.1, -0.05) is 23.2 Å². The third kappa shape index (κ3) is 4.08. The molecule has 0 radical (unpaired) electrons. The van der Waals surface area contributed by atoms with Gasteiger partial charge in [0.15, 0.2) is 0 Å². The number of amides is 1. The van der Waals surface area contributed by atoms with Crippen molar-refractivity contribution in [3.8, 4) is 18.1 Å². The lowest BCUT2D eigenvalue weighted by atomic mass is 10.1. The summed E-state index contributed by atoms with van der Waals surface area (Å²) in [7, 11) is 0. The fourth-order valence-corrected chi connectivity index (χ4v) is 1.36. The van der Waals surface area contributed by atoms with Gasteiger partial charge in [-0.05, 0) is 29.6 Å². The standard InChI is InChI=1S/C12H12N4O2/c1-2-7-14-12(18)11(15-16-13)8-9-3-5-10(17)6-4-9/h1,3-6,11,17H,7-8H2,(H,14,18). The zero-order valence-electron chi connectivity index (χ0n) is 9.58. The van der Waals surface area contributed by atoms with E-state index in [1.54, 1.807) is 12.1 Å². The van der Waals surface area contributed by atoms with Crippen LogP contribution in [-0.4, -0.2) is 23.6 Å². The molecule has 18 heavy (non-hydrogen) atoms. The van der Waals surface area contributed by atoms with Crippen molar-refractivity contribution in [1.29, 1.82) is 0 Å². The lowest BCUT2D eigenvalue weighted by Gasteiger charge is -2.10. The Morgan fingerprint density at radius 2 is 2.22 bits per heavy atom. The highest BCUT2D eigenvalue weighted by molar-refractivity contribution is 5.82. The number of carbonyl (C=O) groups excluding carboxylic acids is 1. The van der Waals surface area contributed by atoms with E-state index in [0.717, 1.165) is 5.56 Å². The average molecular weight is 244 g/mol. The Labute approximate surface area is 104 Å². The second-order valence-corrected chi connectivity index (χ2v) is 3.51. The van der Waals surface area contributed by atoms with Crippen LogP contribution in [0.5, 0.6) is 5.75 Å². The zero-order valence-corrected chi connectivity index (χ0v) is 9.58. The van der Waals surface area contributed by atoms with E-state index in [9.17, 15) is 4.79 Å². The van der Waals surface area contributed by atoms with Gasteiger partial charge in [-0.25, -0.2) is 0 Å². The smallest absolute Gasteiger partial charge is 0.230 e. The summed E-state index contributed by atoms with van der Waals surface area (Å²) in [6.07, 6.45) is 5.27. The lowest BCUT2D eigenvalue weighted by molar-refractivity contribution is -0.122. The van der Waals surface area contributed by atoms with Crippen molar-refractivity contribution in [1.82, 2.24) is 5.32 Å². The monoisotopic (exact) mass is 244 g/mol. The van der Waals surface area contributed by atoms with Gasteiger partial charge in [0.25, 0.3) is 0 Å². The van der Waals surface area contributed by atoms with E-state index in [0.29, 0.717) is 0 Å². The second kappa shape index (κ2) is 6.84. The predicted molar refractivity (Wildman–Crippen MR) is 66.6 cm³/mol. The summed E-state index contributed by atoms with van der Waals surface area (Å²) in [6, 6.07) is 5.46. The minimum atomic E-state index is -0.854. The first kappa shape index (κ1) is 13.4. The second-order valence-electron chi connectivity index (χ2n) is 3.51. The van der Waals surface area contributed by atoms with Crippen LogP contribution in [0.1, 0.15) is 5.56 Å². The van der Waals surface area contributed by atoms with Crippen LogP contribution in [-0.2, 0) is 11.2 Å². The maximum absolute atomic E-state index is 11.6. The highest BCUT2D eigenvalue weighted by atomic mass is 16.3. The van der Waals surface area contributed by atoms with Gasteiger partial charge in [-0.2, -0.15) is 0 Å². The van der Waals surface area contributed by atoms with Crippen LogP contribution < -0.4 is 5.32 Å². The molecule has 0 fully saturated rings. The number of phenolic OH excluding ortho intramolecular Hbond substituents is 1. The van der Waals surface area contributed by atoms with E-state index in [1.807, 2.05) is 0 Å². The minimum Gasteiger partial charge on any atom is -0.508 e. The van der Waals surface area contributed by atoms with Crippen molar-refractivity contribution in [2.24, 2.45) is 5.11 Å². The molecular weight excluding hydrogens is 232 g/mol. The van der Waals surface area contributed by atoms with Gasteiger partial charge >= 0.3 is 0 Å². The zero-order chi connectivity index (χ0) is 13.4. The van der Waals surface area contributed by atoms with Crippen LogP contribution in [0.4, 0.5) is 0 Å². The molecule has 6 nitrogen and oxygen atoms in total. The quantitative estimate of drug-likeness (QED) is 0.354. The molecule has 0 spiro atoms. The fourth-order valence-electron chi connectivity index (χ4n) is 1.36. The van der Waals surface area contributed by atoms with Crippen molar-refractivity contribution < 1.29 is 9.90 Å². The molecule has 1 aromatic carbocycles. The molecule has 0 bridgehead atoms. The first-order valence-corrected chi connectivity index (χ1v) is 5.20. The van der Waals surface area contributed by atoms with Crippen molar-refractivity contribution in [2.45, 2.75) is 12.5 Å². The van der Waals surface area contributed by atoms with Crippen molar-refractivity contribution in [2.75, 3.05) is 6.54 Å². The van der Waals surface area contributed by atoms with Crippen LogP contribution in [0.2, 0.25) is 0 Å². The van der Waals surface area contributed by atoms with Crippen LogP contribution in [0.3, 0.4) is 0 Å². The summed E-state index contributed by atoms with van der Waals surface area (Å²) in [5.74, 6) is 1.98. The molecule has 0 aliphatic heterocycles. The molecule has 6 heteroatoms. The SMILES string of the molecule is C#CCNC(=O)C(Cc1ccc(O)cc1)N=[N+]=[N-]. The first-order chi connectivity index (χ1) is 8.67. The number of azide groups is 1. The number of phenols is 1. The summed E-state index contributed by atoms with van der Waals surface area (Å²) in [4.78, 5) is 14.3. The van der Waals surface area contributed by atoms with E-state index in [1.165, 1.54) is 12.1 Å². The Morgan fingerprint density at radius 3 is 2.78 bits per heavy atom. The van der Waals surface area contributed by atoms with E-state index in [-0.39, 0.29) is 18.7 Å². The largest absolute Gasteiger partial charge is 0.508 e. The minimum absolute atomic E-state index is 0.0891. The number of terminal acetylenes is 1. The van der Waals surface area contributed by atoms with Gasteiger partial charge in [0, 0.05) is 4.91 Å². The van der Waals surface area contributed by atoms with E-state index >= 15 is 0 Å². The Morgan fingerprint density at radius 1 is 1.56 bits per heavy atom. The number of aromatic hydroxyl groups is 1. The molecule has 2 N–H and O–H groups in total. The van der Waals surface area contributed by atoms with Gasteiger partial charge in [-0.3, -0.25) is 4.79 Å². The normalized spacial score (nSPS) is 10.8. The molecule has 0 aliphatic rings. The summed E-state index contributed by atoms with van der Waals surface area (Å²) in [5.41, 5.74) is 9.21. The van der Waals surface area contributed by atoms with Crippen molar-refractivity contribution in [3.63, 3.8) is 0 Å². The molecule has 1 unspecified atom stereocenters. The van der Waals surface area contributed by atoms with Crippen LogP contribution in [0, 0.1) is 12.3 Å². The third-order valence-corrected chi connectivity index (χ3v) is 2.22. The molecule has 1 rings (SSSR count). The average Bonchev–Trinajstić information content (AvgIpc) is 2.38. The fraction of sp³-hybridized carbons (Fsp3) is 0.250. The molecule has 0 heterocycles. The molecule has 0 aliphatic carbocycles. The van der Waals surface area contributed by atoms with E-state index < -0.39 is 11.9 Å². The van der Waals surface area contributed by atoms with Crippen LogP contribution in [0.25, 0.3) is 10.4 Å². The van der Waals surface area contributed by atoms with Gasteiger partial charge in [0.05, 0.1) is 6.54 Å². The Balaban J connectivity index is 2.74. The number of carbonyl (C=O) groups is 1. The topological polar surface area (TPSA) is 98.1 Å². The lowest BCUT2D eigenvalue weighted by Crippen LogP contribution is -2.34. The molecular formula is C12H12N4O2. The van der Waals surface area contributed by atoms with Gasteiger partial charge in [0.2, 0.25) is 5.91 Å². The first-order valence-electron chi connectivity index (χ1n) is 5.20. The molecule has 1 amide bonds. The summed E-state index contributed by atoms with van der Waals surface area (Å²) >= 11 is 0. The van der Waals surface area contributed by atoms with E-state index in [4.69, 9.17) is 17.1 Å². The number of hydrogen-bond acceptors (Lipinski definition) is 3. The summed E-state index contributed by atoms with van der Waals surface area (Å²) in [6.45, 7) is 0.0891.